The van der Waals surface area contributed by atoms with Gasteiger partial charge in [-0.1, -0.05) is 134 Å². The number of esters is 2. The van der Waals surface area contributed by atoms with E-state index in [2.05, 4.69) is 31.4 Å². The Morgan fingerprint density at radius 3 is 2.04 bits per heavy atom. The van der Waals surface area contributed by atoms with Crippen LogP contribution in [0.25, 0.3) is 0 Å². The Morgan fingerprint density at radius 2 is 1.35 bits per heavy atom. The highest BCUT2D eigenvalue weighted by Crippen LogP contribution is 2.43. The highest BCUT2D eigenvalue weighted by molar-refractivity contribution is 7.47. The fourth-order valence-electron chi connectivity index (χ4n) is 4.90. The summed E-state index contributed by atoms with van der Waals surface area (Å²) in [5.74, 6) is -0.285. The first-order chi connectivity index (χ1) is 25.0. The van der Waals surface area contributed by atoms with Crippen LogP contribution in [-0.4, -0.2) is 76.9 Å². The van der Waals surface area contributed by atoms with Gasteiger partial charge in [-0.15, -0.1) is 0 Å². The van der Waals surface area contributed by atoms with E-state index in [9.17, 15) is 29.3 Å². The lowest BCUT2D eigenvalue weighted by Gasteiger charge is -2.20. The molecule has 0 aliphatic heterocycles. The number of carbonyl (C=O) groups excluding carboxylic acids is 2. The van der Waals surface area contributed by atoms with Gasteiger partial charge in [0.1, 0.15) is 12.7 Å². The van der Waals surface area contributed by atoms with E-state index in [4.69, 9.17) is 19.1 Å². The zero-order chi connectivity index (χ0) is 38.7. The number of hydrogen-bond acceptors (Lipinski definition) is 10. The van der Waals surface area contributed by atoms with Crippen molar-refractivity contribution in [2.24, 2.45) is 5.92 Å². The van der Waals surface area contributed by atoms with E-state index in [0.29, 0.717) is 32.1 Å². The van der Waals surface area contributed by atoms with Gasteiger partial charge in [-0.25, -0.2) is 4.57 Å². The number of rotatable bonds is 35. The summed E-state index contributed by atoms with van der Waals surface area (Å²) >= 11 is 0. The summed E-state index contributed by atoms with van der Waals surface area (Å²) in [6, 6.07) is 0. The zero-order valence-electron chi connectivity index (χ0n) is 32.3. The van der Waals surface area contributed by atoms with Crippen molar-refractivity contribution in [1.29, 1.82) is 0 Å². The minimum absolute atomic E-state index is 0.0733. The molecule has 0 heterocycles. The first-order valence-corrected chi connectivity index (χ1v) is 21.1. The predicted molar refractivity (Wildman–Crippen MR) is 206 cm³/mol. The van der Waals surface area contributed by atoms with Gasteiger partial charge in [0.05, 0.1) is 25.9 Å². The molecule has 0 saturated heterocycles. The van der Waals surface area contributed by atoms with Gasteiger partial charge in [0.15, 0.2) is 6.10 Å². The molecule has 4 N–H and O–H groups in total. The van der Waals surface area contributed by atoms with E-state index in [-0.39, 0.29) is 19.4 Å². The van der Waals surface area contributed by atoms with E-state index < -0.39 is 57.9 Å². The van der Waals surface area contributed by atoms with E-state index >= 15 is 0 Å². The number of aliphatic hydroxyl groups excluding tert-OH is 3. The topological polar surface area (TPSA) is 169 Å². The molecule has 52 heavy (non-hydrogen) atoms. The minimum Gasteiger partial charge on any atom is -0.462 e. The molecule has 0 rings (SSSR count). The third kappa shape index (κ3) is 34.9. The quantitative estimate of drug-likeness (QED) is 0.0161. The summed E-state index contributed by atoms with van der Waals surface area (Å²) in [6.07, 6.45) is 29.9. The van der Waals surface area contributed by atoms with Crippen molar-refractivity contribution in [2.75, 3.05) is 26.4 Å². The molecule has 4 atom stereocenters. The molecule has 0 aliphatic carbocycles. The highest BCUT2D eigenvalue weighted by Gasteiger charge is 2.27. The monoisotopic (exact) mass is 758 g/mol. The van der Waals surface area contributed by atoms with Crippen molar-refractivity contribution >= 4 is 19.8 Å². The fourth-order valence-corrected chi connectivity index (χ4v) is 5.69. The van der Waals surface area contributed by atoms with Crippen LogP contribution in [0.15, 0.2) is 48.6 Å². The van der Waals surface area contributed by atoms with Crippen LogP contribution in [0.4, 0.5) is 0 Å². The molecule has 0 aliphatic rings. The van der Waals surface area contributed by atoms with Crippen molar-refractivity contribution < 1.29 is 52.9 Å². The molecule has 0 aromatic rings. The molecule has 0 amide bonds. The first kappa shape index (κ1) is 49.9. The summed E-state index contributed by atoms with van der Waals surface area (Å²) in [5, 5.41) is 28.3. The lowest BCUT2D eigenvalue weighted by Crippen LogP contribution is -2.29. The molecule has 0 fully saturated rings. The Labute approximate surface area is 314 Å². The van der Waals surface area contributed by atoms with E-state index in [1.807, 2.05) is 36.5 Å². The summed E-state index contributed by atoms with van der Waals surface area (Å²) < 4.78 is 32.5. The molecule has 0 spiro atoms. The van der Waals surface area contributed by atoms with Gasteiger partial charge in [-0.05, 0) is 50.9 Å². The zero-order valence-corrected chi connectivity index (χ0v) is 33.2. The Morgan fingerprint density at radius 1 is 0.712 bits per heavy atom. The van der Waals surface area contributed by atoms with Gasteiger partial charge in [0.25, 0.3) is 0 Å². The number of phosphoric ester groups is 1. The van der Waals surface area contributed by atoms with Crippen molar-refractivity contribution in [2.45, 2.75) is 161 Å². The summed E-state index contributed by atoms with van der Waals surface area (Å²) in [4.78, 5) is 34.8. The Balaban J connectivity index is 4.54. The smallest absolute Gasteiger partial charge is 0.462 e. The number of aliphatic hydroxyl groups is 3. The van der Waals surface area contributed by atoms with E-state index in [1.165, 1.54) is 51.4 Å². The van der Waals surface area contributed by atoms with Crippen molar-refractivity contribution in [3.63, 3.8) is 0 Å². The third-order valence-corrected chi connectivity index (χ3v) is 8.95. The largest absolute Gasteiger partial charge is 0.472 e. The summed E-state index contributed by atoms with van der Waals surface area (Å²) in [7, 11) is -4.64. The number of allylic oxidation sites excluding steroid dienone is 6. The highest BCUT2D eigenvalue weighted by atomic mass is 31.2. The second-order valence-electron chi connectivity index (χ2n) is 13.6. The summed E-state index contributed by atoms with van der Waals surface area (Å²) in [5.41, 5.74) is 0. The van der Waals surface area contributed by atoms with Gasteiger partial charge in [-0.2, -0.15) is 0 Å². The molecule has 0 bridgehead atoms. The van der Waals surface area contributed by atoms with Crippen LogP contribution in [0.5, 0.6) is 0 Å². The maximum Gasteiger partial charge on any atom is 0.472 e. The van der Waals surface area contributed by atoms with Crippen LogP contribution in [0.3, 0.4) is 0 Å². The molecule has 1 unspecified atom stereocenters. The molecule has 11 nitrogen and oxygen atoms in total. The molecule has 0 aromatic carbocycles. The van der Waals surface area contributed by atoms with Gasteiger partial charge < -0.3 is 29.7 Å². The number of phosphoric acid groups is 1. The van der Waals surface area contributed by atoms with Crippen molar-refractivity contribution in [3.05, 3.63) is 48.6 Å². The van der Waals surface area contributed by atoms with Crippen LogP contribution in [0.2, 0.25) is 0 Å². The summed E-state index contributed by atoms with van der Waals surface area (Å²) in [6.45, 7) is 4.44. The normalized spacial score (nSPS) is 15.2. The standard InChI is InChI=1S/C40H71O11P/c1-4-5-6-7-11-17-22-27-36(42)28-23-18-13-10-15-20-25-30-40(45)51-38(34-50-52(46,47)49-32-37(43)31-41)33-48-39(44)29-24-19-14-9-8-12-16-21-26-35(2)3/h10-11,15,17-18,22-23,27,35-38,41-43H,4-9,12-14,16,19-21,24-26,28-34H2,1-3H3,(H,46,47)/b15-10+,17-11-,23-18-,27-22-/t36-,37-,38+/m0/s1. The van der Waals surface area contributed by atoms with Gasteiger partial charge >= 0.3 is 19.8 Å². The Bertz CT molecular complexity index is 1040. The first-order valence-electron chi connectivity index (χ1n) is 19.6. The maximum atomic E-state index is 12.5. The van der Waals surface area contributed by atoms with Gasteiger partial charge in [-0.3, -0.25) is 18.6 Å². The van der Waals surface area contributed by atoms with E-state index in [1.54, 1.807) is 6.08 Å². The fraction of sp³-hybridized carbons (Fsp3) is 0.750. The van der Waals surface area contributed by atoms with Gasteiger partial charge in [0, 0.05) is 12.8 Å². The Hall–Kier alpha value is -2.11. The molecule has 12 heteroatoms. The SMILES string of the molecule is CCCCC/C=C\C=C/[C@H](O)C/C=C\C/C=C/CCCC(=O)O[C@H](COC(=O)CCCCCCCCCCC(C)C)COP(=O)(O)OC[C@@H](O)CO. The number of carbonyl (C=O) groups is 2. The van der Waals surface area contributed by atoms with Crippen LogP contribution in [0, 0.1) is 5.92 Å². The number of unbranched alkanes of at least 4 members (excludes halogenated alkanes) is 11. The van der Waals surface area contributed by atoms with Crippen molar-refractivity contribution in [3.8, 4) is 0 Å². The maximum absolute atomic E-state index is 12.5. The molecule has 0 saturated carbocycles. The van der Waals surface area contributed by atoms with Crippen molar-refractivity contribution in [1.82, 2.24) is 0 Å². The number of ether oxygens (including phenoxy) is 2. The minimum atomic E-state index is -4.64. The molecular weight excluding hydrogens is 687 g/mol. The molecular formula is C40H71O11P. The second kappa shape index (κ2) is 34.6. The molecule has 0 aromatic heterocycles. The average Bonchev–Trinajstić information content (AvgIpc) is 3.11. The third-order valence-electron chi connectivity index (χ3n) is 7.99. The van der Waals surface area contributed by atoms with Crippen LogP contribution in [0.1, 0.15) is 143 Å². The molecule has 302 valence electrons. The number of hydrogen-bond donors (Lipinski definition) is 4. The van der Waals surface area contributed by atoms with Crippen LogP contribution >= 0.6 is 7.82 Å². The Kier molecular flexibility index (Phi) is 33.2. The lowest BCUT2D eigenvalue weighted by atomic mass is 10.0. The van der Waals surface area contributed by atoms with Crippen LogP contribution in [-0.2, 0) is 32.7 Å². The van der Waals surface area contributed by atoms with Crippen LogP contribution < -0.4 is 0 Å². The molecule has 0 radical (unpaired) electrons. The van der Waals surface area contributed by atoms with Gasteiger partial charge in [0.2, 0.25) is 0 Å². The second-order valence-corrected chi connectivity index (χ2v) is 15.1. The average molecular weight is 759 g/mol. The van der Waals surface area contributed by atoms with E-state index in [0.717, 1.165) is 31.6 Å². The predicted octanol–water partition coefficient (Wildman–Crippen LogP) is 8.60. The lowest BCUT2D eigenvalue weighted by molar-refractivity contribution is -0.161.